The van der Waals surface area contributed by atoms with E-state index in [0.717, 1.165) is 19.6 Å². The Kier molecular flexibility index (Phi) is 3.61. The Morgan fingerprint density at radius 3 is 3.00 bits per heavy atom. The quantitative estimate of drug-likeness (QED) is 0.695. The lowest BCUT2D eigenvalue weighted by Gasteiger charge is -2.45. The van der Waals surface area contributed by atoms with Crippen LogP contribution in [0.2, 0.25) is 0 Å². The summed E-state index contributed by atoms with van der Waals surface area (Å²) in [6.45, 7) is 3.84. The first-order chi connectivity index (χ1) is 7.36. The second-order valence-electron chi connectivity index (χ2n) is 4.55. The van der Waals surface area contributed by atoms with Gasteiger partial charge in [0, 0.05) is 12.6 Å². The molecule has 3 heteroatoms. The van der Waals surface area contributed by atoms with E-state index in [0.29, 0.717) is 12.1 Å². The zero-order chi connectivity index (χ0) is 10.7. The maximum Gasteiger partial charge on any atom is 0.0979 e. The molecule has 15 heavy (non-hydrogen) atoms. The Balaban J connectivity index is 2.06. The molecule has 0 amide bonds. The summed E-state index contributed by atoms with van der Waals surface area (Å²) >= 11 is 0. The summed E-state index contributed by atoms with van der Waals surface area (Å²) < 4.78 is 5.80. The zero-order valence-electron chi connectivity index (χ0n) is 9.48. The third kappa shape index (κ3) is 2.16. The fraction of sp³-hybridized carbons (Fsp3) is 0.917. The molecule has 1 saturated carbocycles. The molecule has 2 aliphatic rings. The van der Waals surface area contributed by atoms with Gasteiger partial charge >= 0.3 is 0 Å². The first-order valence-corrected chi connectivity index (χ1v) is 6.13. The molecule has 2 rings (SSSR count). The molecular weight excluding hydrogens is 188 g/mol. The van der Waals surface area contributed by atoms with Crippen molar-refractivity contribution in [2.45, 2.75) is 57.2 Å². The highest BCUT2D eigenvalue weighted by atomic mass is 16.5. The molecule has 3 unspecified atom stereocenters. The number of ether oxygens (including phenoxy) is 1. The molecule has 84 valence electrons. The van der Waals surface area contributed by atoms with Crippen LogP contribution in [0.15, 0.2) is 0 Å². The van der Waals surface area contributed by atoms with Gasteiger partial charge in [0.1, 0.15) is 0 Å². The predicted molar refractivity (Wildman–Crippen MR) is 58.4 cm³/mol. The smallest absolute Gasteiger partial charge is 0.0979 e. The number of nitriles is 1. The standard InChI is InChI=1S/C12H20N2O/c1-2-10(9-13)14-7-8-15-12-6-4-3-5-11(12)14/h10-12H,2-8H2,1H3. The number of fused-ring (bicyclic) bond motifs is 1. The van der Waals surface area contributed by atoms with E-state index in [2.05, 4.69) is 17.9 Å². The van der Waals surface area contributed by atoms with Gasteiger partial charge in [0.25, 0.3) is 0 Å². The number of hydrogen-bond donors (Lipinski definition) is 0. The summed E-state index contributed by atoms with van der Waals surface area (Å²) in [4.78, 5) is 2.38. The van der Waals surface area contributed by atoms with E-state index >= 15 is 0 Å². The van der Waals surface area contributed by atoms with E-state index < -0.39 is 0 Å². The Bertz CT molecular complexity index is 246. The Morgan fingerprint density at radius 2 is 2.27 bits per heavy atom. The number of morpholine rings is 1. The van der Waals surface area contributed by atoms with Crippen LogP contribution in [0.1, 0.15) is 39.0 Å². The highest BCUT2D eigenvalue weighted by Crippen LogP contribution is 2.30. The molecular formula is C12H20N2O. The van der Waals surface area contributed by atoms with Crippen molar-refractivity contribution >= 4 is 0 Å². The molecule has 0 spiro atoms. The second kappa shape index (κ2) is 4.96. The molecule has 3 nitrogen and oxygen atoms in total. The number of nitrogens with zero attached hydrogens (tertiary/aromatic N) is 2. The maximum atomic E-state index is 9.14. The van der Waals surface area contributed by atoms with Crippen molar-refractivity contribution in [3.05, 3.63) is 0 Å². The summed E-state index contributed by atoms with van der Waals surface area (Å²) in [5.41, 5.74) is 0. The molecule has 1 saturated heterocycles. The molecule has 0 aromatic carbocycles. The summed E-state index contributed by atoms with van der Waals surface area (Å²) in [5.74, 6) is 0. The fourth-order valence-electron chi connectivity index (χ4n) is 2.91. The SMILES string of the molecule is CCC(C#N)N1CCOC2CCCCC21. The Morgan fingerprint density at radius 1 is 1.47 bits per heavy atom. The van der Waals surface area contributed by atoms with Crippen molar-refractivity contribution in [2.75, 3.05) is 13.2 Å². The van der Waals surface area contributed by atoms with Gasteiger partial charge in [0.15, 0.2) is 0 Å². The second-order valence-corrected chi connectivity index (χ2v) is 4.55. The third-order valence-corrected chi connectivity index (χ3v) is 3.71. The van der Waals surface area contributed by atoms with Crippen LogP contribution >= 0.6 is 0 Å². The minimum atomic E-state index is 0.0968. The van der Waals surface area contributed by atoms with Gasteiger partial charge < -0.3 is 4.74 Å². The van der Waals surface area contributed by atoms with Gasteiger partial charge in [-0.15, -0.1) is 0 Å². The van der Waals surface area contributed by atoms with Crippen molar-refractivity contribution in [3.8, 4) is 6.07 Å². The van der Waals surface area contributed by atoms with E-state index in [9.17, 15) is 0 Å². The fourth-order valence-corrected chi connectivity index (χ4v) is 2.91. The van der Waals surface area contributed by atoms with Gasteiger partial charge in [0.2, 0.25) is 0 Å². The van der Waals surface area contributed by atoms with Crippen LogP contribution in [0.25, 0.3) is 0 Å². The van der Waals surface area contributed by atoms with Crippen LogP contribution in [0.3, 0.4) is 0 Å². The van der Waals surface area contributed by atoms with Gasteiger partial charge in [-0.25, -0.2) is 0 Å². The third-order valence-electron chi connectivity index (χ3n) is 3.71. The first kappa shape index (κ1) is 10.9. The molecule has 1 aliphatic heterocycles. The topological polar surface area (TPSA) is 36.3 Å². The first-order valence-electron chi connectivity index (χ1n) is 6.13. The van der Waals surface area contributed by atoms with E-state index in [1.807, 2.05) is 0 Å². The summed E-state index contributed by atoms with van der Waals surface area (Å²) in [6.07, 6.45) is 6.31. The van der Waals surface area contributed by atoms with Crippen LogP contribution in [-0.4, -0.2) is 36.2 Å². The molecule has 0 aromatic rings. The Labute approximate surface area is 92.0 Å². The van der Waals surface area contributed by atoms with Crippen molar-refractivity contribution in [3.63, 3.8) is 0 Å². The average Bonchev–Trinajstić information content (AvgIpc) is 2.31. The van der Waals surface area contributed by atoms with Gasteiger partial charge in [-0.2, -0.15) is 5.26 Å². The van der Waals surface area contributed by atoms with Gasteiger partial charge in [0.05, 0.1) is 24.8 Å². The monoisotopic (exact) mass is 208 g/mol. The summed E-state index contributed by atoms with van der Waals surface area (Å²) in [7, 11) is 0. The van der Waals surface area contributed by atoms with E-state index in [4.69, 9.17) is 10.00 Å². The van der Waals surface area contributed by atoms with Gasteiger partial charge in [-0.05, 0) is 19.3 Å². The van der Waals surface area contributed by atoms with Gasteiger partial charge in [-0.3, -0.25) is 4.90 Å². The minimum absolute atomic E-state index is 0.0968. The van der Waals surface area contributed by atoms with Crippen molar-refractivity contribution < 1.29 is 4.74 Å². The predicted octanol–water partition coefficient (Wildman–Crippen LogP) is 1.93. The van der Waals surface area contributed by atoms with Crippen LogP contribution in [-0.2, 0) is 4.74 Å². The molecule has 0 N–H and O–H groups in total. The molecule has 1 heterocycles. The highest BCUT2D eigenvalue weighted by molar-refractivity contribution is 4.98. The molecule has 2 fully saturated rings. The Hall–Kier alpha value is -0.590. The lowest BCUT2D eigenvalue weighted by Crippen LogP contribution is -2.55. The zero-order valence-corrected chi connectivity index (χ0v) is 9.48. The maximum absolute atomic E-state index is 9.14. The summed E-state index contributed by atoms with van der Waals surface area (Å²) in [5, 5.41) is 9.14. The number of hydrogen-bond acceptors (Lipinski definition) is 3. The highest BCUT2D eigenvalue weighted by Gasteiger charge is 2.36. The lowest BCUT2D eigenvalue weighted by molar-refractivity contribution is -0.0960. The van der Waals surface area contributed by atoms with E-state index in [1.165, 1.54) is 25.7 Å². The van der Waals surface area contributed by atoms with Crippen LogP contribution < -0.4 is 0 Å². The molecule has 0 radical (unpaired) electrons. The van der Waals surface area contributed by atoms with E-state index in [1.54, 1.807) is 0 Å². The minimum Gasteiger partial charge on any atom is -0.375 e. The van der Waals surface area contributed by atoms with Crippen molar-refractivity contribution in [2.24, 2.45) is 0 Å². The lowest BCUT2D eigenvalue weighted by atomic mass is 9.89. The van der Waals surface area contributed by atoms with Crippen molar-refractivity contribution in [1.29, 1.82) is 5.26 Å². The normalized spacial score (nSPS) is 34.1. The molecule has 1 aliphatic carbocycles. The number of rotatable bonds is 2. The summed E-state index contributed by atoms with van der Waals surface area (Å²) in [6, 6.07) is 3.03. The average molecular weight is 208 g/mol. The van der Waals surface area contributed by atoms with Crippen LogP contribution in [0.4, 0.5) is 0 Å². The van der Waals surface area contributed by atoms with Gasteiger partial charge in [-0.1, -0.05) is 19.8 Å². The van der Waals surface area contributed by atoms with Crippen LogP contribution in [0.5, 0.6) is 0 Å². The van der Waals surface area contributed by atoms with Crippen LogP contribution in [0, 0.1) is 11.3 Å². The van der Waals surface area contributed by atoms with E-state index in [-0.39, 0.29) is 6.04 Å². The molecule has 3 atom stereocenters. The van der Waals surface area contributed by atoms with Crippen molar-refractivity contribution in [1.82, 2.24) is 4.90 Å². The molecule has 0 bridgehead atoms. The molecule has 0 aromatic heterocycles. The largest absolute Gasteiger partial charge is 0.375 e.